The highest BCUT2D eigenvalue weighted by Gasteiger charge is 2.24. The molecule has 0 fully saturated rings. The van der Waals surface area contributed by atoms with Crippen LogP contribution in [0.1, 0.15) is 25.1 Å². The molecule has 0 atom stereocenters. The third-order valence-electron chi connectivity index (χ3n) is 4.82. The lowest BCUT2D eigenvalue weighted by atomic mass is 10.2. The SMILES string of the molecule is CCN(CC)c1cc(N2Cc3cnc(-c4ccccc4)nc3C2)nc(N)n1. The van der Waals surface area contributed by atoms with Crippen molar-refractivity contribution < 1.29 is 0 Å². The van der Waals surface area contributed by atoms with Crippen LogP contribution in [-0.2, 0) is 13.1 Å². The number of anilines is 3. The van der Waals surface area contributed by atoms with Crippen molar-refractivity contribution in [3.8, 4) is 11.4 Å². The van der Waals surface area contributed by atoms with Gasteiger partial charge < -0.3 is 15.5 Å². The molecule has 138 valence electrons. The lowest BCUT2D eigenvalue weighted by molar-refractivity contribution is 0.821. The summed E-state index contributed by atoms with van der Waals surface area (Å²) in [7, 11) is 0. The molecule has 0 spiro atoms. The van der Waals surface area contributed by atoms with E-state index in [0.717, 1.165) is 53.9 Å². The van der Waals surface area contributed by atoms with Gasteiger partial charge in [0.25, 0.3) is 0 Å². The highest BCUT2D eigenvalue weighted by atomic mass is 15.3. The van der Waals surface area contributed by atoms with Crippen molar-refractivity contribution in [3.63, 3.8) is 0 Å². The third-order valence-corrected chi connectivity index (χ3v) is 4.82. The first-order valence-electron chi connectivity index (χ1n) is 9.22. The summed E-state index contributed by atoms with van der Waals surface area (Å²) in [4.78, 5) is 22.5. The van der Waals surface area contributed by atoms with Crippen molar-refractivity contribution >= 4 is 17.6 Å². The number of nitrogens with two attached hydrogens (primary N) is 1. The van der Waals surface area contributed by atoms with E-state index in [2.05, 4.69) is 38.6 Å². The van der Waals surface area contributed by atoms with Crippen LogP contribution >= 0.6 is 0 Å². The maximum atomic E-state index is 5.98. The summed E-state index contributed by atoms with van der Waals surface area (Å²) in [6.45, 7) is 7.36. The van der Waals surface area contributed by atoms with Crippen molar-refractivity contribution in [2.75, 3.05) is 28.6 Å². The predicted octanol–water partition coefficient (Wildman–Crippen LogP) is 2.88. The monoisotopic (exact) mass is 361 g/mol. The highest BCUT2D eigenvalue weighted by molar-refractivity contribution is 5.58. The van der Waals surface area contributed by atoms with Crippen molar-refractivity contribution in [2.45, 2.75) is 26.9 Å². The molecule has 2 N–H and O–H groups in total. The zero-order valence-electron chi connectivity index (χ0n) is 15.6. The van der Waals surface area contributed by atoms with Gasteiger partial charge in [-0.2, -0.15) is 9.97 Å². The maximum absolute atomic E-state index is 5.98. The third kappa shape index (κ3) is 3.40. The molecule has 3 aromatic rings. The summed E-state index contributed by atoms with van der Waals surface area (Å²) in [5, 5.41) is 0. The fraction of sp³-hybridized carbons (Fsp3) is 0.300. The second-order valence-corrected chi connectivity index (χ2v) is 6.50. The van der Waals surface area contributed by atoms with Crippen LogP contribution in [0.3, 0.4) is 0 Å². The molecule has 0 amide bonds. The molecule has 0 saturated carbocycles. The van der Waals surface area contributed by atoms with E-state index in [9.17, 15) is 0 Å². The lowest BCUT2D eigenvalue weighted by Crippen LogP contribution is -2.25. The van der Waals surface area contributed by atoms with Gasteiger partial charge in [0.15, 0.2) is 5.82 Å². The largest absolute Gasteiger partial charge is 0.368 e. The van der Waals surface area contributed by atoms with Crippen LogP contribution in [0, 0.1) is 0 Å². The van der Waals surface area contributed by atoms with Crippen molar-refractivity contribution in [3.05, 3.63) is 53.9 Å². The van der Waals surface area contributed by atoms with Crippen molar-refractivity contribution in [1.29, 1.82) is 0 Å². The van der Waals surface area contributed by atoms with E-state index in [1.807, 2.05) is 42.6 Å². The minimum atomic E-state index is 0.293. The molecule has 1 aromatic carbocycles. The van der Waals surface area contributed by atoms with E-state index >= 15 is 0 Å². The van der Waals surface area contributed by atoms with E-state index < -0.39 is 0 Å². The van der Waals surface area contributed by atoms with Crippen LogP contribution in [0.25, 0.3) is 11.4 Å². The second kappa shape index (κ2) is 7.19. The van der Waals surface area contributed by atoms with Gasteiger partial charge in [-0.3, -0.25) is 0 Å². The molecule has 1 aliphatic rings. The molecule has 7 heteroatoms. The number of nitrogen functional groups attached to an aromatic ring is 1. The molecule has 4 rings (SSSR count). The molecule has 0 unspecified atom stereocenters. The Hall–Kier alpha value is -3.22. The Bertz CT molecular complexity index is 938. The molecule has 0 bridgehead atoms. The average Bonchev–Trinajstić information content (AvgIpc) is 3.13. The van der Waals surface area contributed by atoms with Gasteiger partial charge in [0.05, 0.1) is 12.2 Å². The number of fused-ring (bicyclic) bond motifs is 1. The summed E-state index contributed by atoms with van der Waals surface area (Å²) in [6.07, 6.45) is 1.92. The van der Waals surface area contributed by atoms with E-state index in [1.54, 1.807) is 0 Å². The fourth-order valence-corrected chi connectivity index (χ4v) is 3.35. The Labute approximate surface area is 158 Å². The molecular weight excluding hydrogens is 338 g/mol. The number of hydrogen-bond donors (Lipinski definition) is 1. The minimum absolute atomic E-state index is 0.293. The van der Waals surface area contributed by atoms with Crippen LogP contribution in [0.2, 0.25) is 0 Å². The predicted molar refractivity (Wildman–Crippen MR) is 107 cm³/mol. The van der Waals surface area contributed by atoms with Gasteiger partial charge in [0.2, 0.25) is 5.95 Å². The molecule has 1 aliphatic heterocycles. The summed E-state index contributed by atoms with van der Waals surface area (Å²) < 4.78 is 0. The molecule has 3 heterocycles. The fourth-order valence-electron chi connectivity index (χ4n) is 3.35. The minimum Gasteiger partial charge on any atom is -0.368 e. The van der Waals surface area contributed by atoms with Gasteiger partial charge in [-0.15, -0.1) is 0 Å². The van der Waals surface area contributed by atoms with Crippen LogP contribution in [0.15, 0.2) is 42.6 Å². The molecule has 0 radical (unpaired) electrons. The van der Waals surface area contributed by atoms with Gasteiger partial charge in [-0.05, 0) is 13.8 Å². The Balaban J connectivity index is 1.62. The van der Waals surface area contributed by atoms with E-state index in [-0.39, 0.29) is 0 Å². The molecule has 0 saturated heterocycles. The Morgan fingerprint density at radius 2 is 1.81 bits per heavy atom. The van der Waals surface area contributed by atoms with Gasteiger partial charge >= 0.3 is 0 Å². The smallest absolute Gasteiger partial charge is 0.223 e. The van der Waals surface area contributed by atoms with Crippen LogP contribution in [0.4, 0.5) is 17.6 Å². The first-order valence-corrected chi connectivity index (χ1v) is 9.22. The van der Waals surface area contributed by atoms with Crippen molar-refractivity contribution in [1.82, 2.24) is 19.9 Å². The number of hydrogen-bond acceptors (Lipinski definition) is 7. The van der Waals surface area contributed by atoms with E-state index in [1.165, 1.54) is 0 Å². The molecule has 0 aliphatic carbocycles. The Morgan fingerprint density at radius 3 is 2.56 bits per heavy atom. The van der Waals surface area contributed by atoms with Crippen molar-refractivity contribution in [2.24, 2.45) is 0 Å². The zero-order valence-corrected chi connectivity index (χ0v) is 15.6. The van der Waals surface area contributed by atoms with E-state index in [4.69, 9.17) is 10.7 Å². The number of aromatic nitrogens is 4. The van der Waals surface area contributed by atoms with Crippen LogP contribution in [-0.4, -0.2) is 33.0 Å². The topological polar surface area (TPSA) is 84.1 Å². The van der Waals surface area contributed by atoms with Crippen LogP contribution in [0.5, 0.6) is 0 Å². The molecule has 27 heavy (non-hydrogen) atoms. The summed E-state index contributed by atoms with van der Waals surface area (Å²) >= 11 is 0. The average molecular weight is 361 g/mol. The Morgan fingerprint density at radius 1 is 1.04 bits per heavy atom. The highest BCUT2D eigenvalue weighted by Crippen LogP contribution is 2.29. The van der Waals surface area contributed by atoms with Crippen LogP contribution < -0.4 is 15.5 Å². The standard InChI is InChI=1S/C20H23N7/c1-3-26(4-2)17-10-18(25-20(21)24-17)27-12-15-11-22-19(23-16(15)13-27)14-8-6-5-7-9-14/h5-11H,3-4,12-13H2,1-2H3,(H2,21,24,25). The molecule has 7 nitrogen and oxygen atoms in total. The van der Waals surface area contributed by atoms with Gasteiger partial charge in [-0.1, -0.05) is 30.3 Å². The number of benzene rings is 1. The number of nitrogens with zero attached hydrogens (tertiary/aromatic N) is 6. The maximum Gasteiger partial charge on any atom is 0.223 e. The first-order chi connectivity index (χ1) is 13.2. The second-order valence-electron chi connectivity index (χ2n) is 6.50. The van der Waals surface area contributed by atoms with Gasteiger partial charge in [0, 0.05) is 43.0 Å². The van der Waals surface area contributed by atoms with Gasteiger partial charge in [-0.25, -0.2) is 9.97 Å². The van der Waals surface area contributed by atoms with E-state index in [0.29, 0.717) is 12.5 Å². The normalized spacial score (nSPS) is 12.9. The molecule has 2 aromatic heterocycles. The summed E-state index contributed by atoms with van der Waals surface area (Å²) in [6, 6.07) is 12.0. The summed E-state index contributed by atoms with van der Waals surface area (Å²) in [5.74, 6) is 2.72. The quantitative estimate of drug-likeness (QED) is 0.748. The lowest BCUT2D eigenvalue weighted by Gasteiger charge is -2.23. The van der Waals surface area contributed by atoms with Gasteiger partial charge in [0.1, 0.15) is 11.6 Å². The Kier molecular flexibility index (Phi) is 4.58. The summed E-state index contributed by atoms with van der Waals surface area (Å²) in [5.41, 5.74) is 9.15. The number of rotatable bonds is 5. The zero-order chi connectivity index (χ0) is 18.8. The molecular formula is C20H23N7. The first kappa shape index (κ1) is 17.2.